The Kier molecular flexibility index (Phi) is 3.84. The van der Waals surface area contributed by atoms with Gasteiger partial charge in [0.05, 0.1) is 5.56 Å². The summed E-state index contributed by atoms with van der Waals surface area (Å²) in [6, 6.07) is 6.49. The van der Waals surface area contributed by atoms with Gasteiger partial charge >= 0.3 is 12.3 Å². The molecular formula is C14H10F3NO3. The van der Waals surface area contributed by atoms with Gasteiger partial charge in [0.25, 0.3) is 0 Å². The van der Waals surface area contributed by atoms with Gasteiger partial charge in [-0.1, -0.05) is 6.07 Å². The van der Waals surface area contributed by atoms with Gasteiger partial charge in [0.15, 0.2) is 0 Å². The van der Waals surface area contributed by atoms with Gasteiger partial charge in [-0.3, -0.25) is 4.98 Å². The van der Waals surface area contributed by atoms with Crippen molar-refractivity contribution in [3.63, 3.8) is 0 Å². The molecule has 110 valence electrons. The third kappa shape index (κ3) is 3.71. The van der Waals surface area contributed by atoms with E-state index in [0.717, 1.165) is 17.8 Å². The number of hydrogen-bond donors (Lipinski definition) is 1. The second-order valence-corrected chi connectivity index (χ2v) is 4.25. The van der Waals surface area contributed by atoms with E-state index < -0.39 is 18.1 Å². The Bertz CT molecular complexity index is 666. The predicted molar refractivity (Wildman–Crippen MR) is 68.1 cm³/mol. The molecule has 0 amide bonds. The van der Waals surface area contributed by atoms with E-state index >= 15 is 0 Å². The predicted octanol–water partition coefficient (Wildman–Crippen LogP) is 3.65. The first-order valence-corrected chi connectivity index (χ1v) is 5.82. The zero-order valence-electron chi connectivity index (χ0n) is 10.8. The number of aromatic nitrogens is 1. The highest BCUT2D eigenvalue weighted by atomic mass is 19.4. The normalized spacial score (nSPS) is 11.2. The van der Waals surface area contributed by atoms with Gasteiger partial charge in [0.2, 0.25) is 0 Å². The minimum Gasteiger partial charge on any atom is -0.478 e. The van der Waals surface area contributed by atoms with Crippen LogP contribution < -0.4 is 4.74 Å². The van der Waals surface area contributed by atoms with Crippen molar-refractivity contribution in [2.75, 3.05) is 0 Å². The second kappa shape index (κ2) is 5.43. The lowest BCUT2D eigenvalue weighted by Gasteiger charge is -2.12. The molecule has 0 fully saturated rings. The summed E-state index contributed by atoms with van der Waals surface area (Å²) in [7, 11) is 0. The van der Waals surface area contributed by atoms with Crippen LogP contribution in [0.25, 0.3) is 11.1 Å². The average molecular weight is 297 g/mol. The molecule has 7 heteroatoms. The van der Waals surface area contributed by atoms with Crippen LogP contribution in [0.2, 0.25) is 0 Å². The van der Waals surface area contributed by atoms with Crippen molar-refractivity contribution in [1.29, 1.82) is 0 Å². The van der Waals surface area contributed by atoms with E-state index in [1.54, 1.807) is 19.1 Å². The lowest BCUT2D eigenvalue weighted by atomic mass is 10.0. The van der Waals surface area contributed by atoms with E-state index in [4.69, 9.17) is 5.11 Å². The Morgan fingerprint density at radius 3 is 2.48 bits per heavy atom. The molecule has 0 aliphatic rings. The number of benzene rings is 1. The van der Waals surface area contributed by atoms with Crippen LogP contribution in [0.4, 0.5) is 13.2 Å². The van der Waals surface area contributed by atoms with Crippen LogP contribution in [0.1, 0.15) is 16.1 Å². The Hall–Kier alpha value is -2.57. The maximum absolute atomic E-state index is 12.2. The van der Waals surface area contributed by atoms with Crippen molar-refractivity contribution in [1.82, 2.24) is 4.98 Å². The van der Waals surface area contributed by atoms with E-state index in [9.17, 15) is 18.0 Å². The first-order chi connectivity index (χ1) is 9.76. The van der Waals surface area contributed by atoms with Gasteiger partial charge in [-0.2, -0.15) is 0 Å². The topological polar surface area (TPSA) is 59.4 Å². The van der Waals surface area contributed by atoms with E-state index in [1.165, 1.54) is 12.3 Å². The number of hydrogen-bond acceptors (Lipinski definition) is 3. The molecule has 21 heavy (non-hydrogen) atoms. The molecule has 0 bridgehead atoms. The van der Waals surface area contributed by atoms with Crippen molar-refractivity contribution in [3.05, 3.63) is 47.8 Å². The monoisotopic (exact) mass is 297 g/mol. The molecule has 0 saturated carbocycles. The van der Waals surface area contributed by atoms with E-state index in [0.29, 0.717) is 5.56 Å². The summed E-state index contributed by atoms with van der Waals surface area (Å²) in [5.74, 6) is -1.93. The molecule has 2 rings (SSSR count). The highest BCUT2D eigenvalue weighted by Gasteiger charge is 2.31. The van der Waals surface area contributed by atoms with Gasteiger partial charge in [-0.05, 0) is 36.8 Å². The minimum atomic E-state index is -4.87. The molecule has 0 radical (unpaired) electrons. The fourth-order valence-corrected chi connectivity index (χ4v) is 1.78. The number of pyridine rings is 1. The SMILES string of the molecule is Cc1ccc(-c2ccc(OC(F)(F)F)cc2C(=O)O)cn1. The van der Waals surface area contributed by atoms with E-state index in [1.807, 2.05) is 0 Å². The molecule has 0 aliphatic carbocycles. The Balaban J connectivity index is 2.47. The van der Waals surface area contributed by atoms with Gasteiger partial charge in [-0.25, -0.2) is 4.79 Å². The lowest BCUT2D eigenvalue weighted by Crippen LogP contribution is -2.17. The number of rotatable bonds is 3. The van der Waals surface area contributed by atoms with Crippen LogP contribution in [0.15, 0.2) is 36.5 Å². The van der Waals surface area contributed by atoms with Crippen molar-refractivity contribution >= 4 is 5.97 Å². The van der Waals surface area contributed by atoms with Crippen molar-refractivity contribution in [2.24, 2.45) is 0 Å². The van der Waals surface area contributed by atoms with Crippen LogP contribution in [-0.2, 0) is 0 Å². The lowest BCUT2D eigenvalue weighted by molar-refractivity contribution is -0.274. The number of carboxylic acids is 1. The Morgan fingerprint density at radius 1 is 1.24 bits per heavy atom. The Labute approximate surface area is 117 Å². The molecule has 4 nitrogen and oxygen atoms in total. The quantitative estimate of drug-likeness (QED) is 0.939. The Morgan fingerprint density at radius 2 is 1.95 bits per heavy atom. The maximum Gasteiger partial charge on any atom is 0.573 e. The number of aryl methyl sites for hydroxylation is 1. The number of alkyl halides is 3. The van der Waals surface area contributed by atoms with Crippen LogP contribution in [0, 0.1) is 6.92 Å². The molecule has 0 spiro atoms. The molecule has 1 heterocycles. The molecule has 0 unspecified atom stereocenters. The highest BCUT2D eigenvalue weighted by molar-refractivity contribution is 5.96. The third-order valence-electron chi connectivity index (χ3n) is 2.68. The molecular weight excluding hydrogens is 287 g/mol. The number of ether oxygens (including phenoxy) is 1. The summed E-state index contributed by atoms with van der Waals surface area (Å²) in [4.78, 5) is 15.3. The van der Waals surface area contributed by atoms with Crippen LogP contribution >= 0.6 is 0 Å². The summed E-state index contributed by atoms with van der Waals surface area (Å²) in [6.07, 6.45) is -3.41. The molecule has 0 aliphatic heterocycles. The van der Waals surface area contributed by atoms with Crippen LogP contribution in [0.3, 0.4) is 0 Å². The van der Waals surface area contributed by atoms with Crippen LogP contribution in [0.5, 0.6) is 5.75 Å². The molecule has 0 saturated heterocycles. The first kappa shape index (κ1) is 14.8. The van der Waals surface area contributed by atoms with Crippen molar-refractivity contribution in [2.45, 2.75) is 13.3 Å². The van der Waals surface area contributed by atoms with Gasteiger partial charge < -0.3 is 9.84 Å². The number of carbonyl (C=O) groups is 1. The smallest absolute Gasteiger partial charge is 0.478 e. The number of halogens is 3. The number of nitrogens with zero attached hydrogens (tertiary/aromatic N) is 1. The molecule has 0 atom stereocenters. The summed E-state index contributed by atoms with van der Waals surface area (Å²) in [5.41, 5.74) is 1.22. The highest BCUT2D eigenvalue weighted by Crippen LogP contribution is 2.30. The third-order valence-corrected chi connectivity index (χ3v) is 2.68. The minimum absolute atomic E-state index is 0.268. The molecule has 2 aromatic rings. The summed E-state index contributed by atoms with van der Waals surface area (Å²) < 4.78 is 40.2. The van der Waals surface area contributed by atoms with E-state index in [-0.39, 0.29) is 11.1 Å². The van der Waals surface area contributed by atoms with E-state index in [2.05, 4.69) is 9.72 Å². The van der Waals surface area contributed by atoms with Crippen LogP contribution in [-0.4, -0.2) is 22.4 Å². The molecule has 1 N–H and O–H groups in total. The average Bonchev–Trinajstić information content (AvgIpc) is 2.38. The van der Waals surface area contributed by atoms with Gasteiger partial charge in [-0.15, -0.1) is 13.2 Å². The zero-order valence-corrected chi connectivity index (χ0v) is 10.8. The first-order valence-electron chi connectivity index (χ1n) is 5.82. The second-order valence-electron chi connectivity index (χ2n) is 4.25. The number of aromatic carboxylic acids is 1. The van der Waals surface area contributed by atoms with Crippen molar-refractivity contribution in [3.8, 4) is 16.9 Å². The standard InChI is InChI=1S/C14H10F3NO3/c1-8-2-3-9(7-18-8)11-5-4-10(21-14(15,16)17)6-12(11)13(19)20/h2-7H,1H3,(H,19,20). The van der Waals surface area contributed by atoms with Gasteiger partial charge in [0.1, 0.15) is 5.75 Å². The maximum atomic E-state index is 12.2. The summed E-state index contributed by atoms with van der Waals surface area (Å²) in [5, 5.41) is 9.15. The molecule has 1 aromatic heterocycles. The molecule has 1 aromatic carbocycles. The fraction of sp³-hybridized carbons (Fsp3) is 0.143. The zero-order chi connectivity index (χ0) is 15.6. The largest absolute Gasteiger partial charge is 0.573 e. The summed E-state index contributed by atoms with van der Waals surface area (Å²) >= 11 is 0. The van der Waals surface area contributed by atoms with Gasteiger partial charge in [0, 0.05) is 17.5 Å². The number of carboxylic acid groups (broad SMARTS) is 1. The summed E-state index contributed by atoms with van der Waals surface area (Å²) in [6.45, 7) is 1.77. The van der Waals surface area contributed by atoms with Crippen molar-refractivity contribution < 1.29 is 27.8 Å². The fourth-order valence-electron chi connectivity index (χ4n) is 1.78.